The summed E-state index contributed by atoms with van der Waals surface area (Å²) in [5.74, 6) is -0.610. The van der Waals surface area contributed by atoms with Crippen LogP contribution in [0.2, 0.25) is 5.02 Å². The number of aromatic nitrogens is 2. The SMILES string of the molecule is Cc1ccc(C)c(C(=O)Cn2cc(Cl)c([N+](=O)[O-])n2)c1. The zero-order valence-electron chi connectivity index (χ0n) is 11.0. The van der Waals surface area contributed by atoms with Gasteiger partial charge in [0.1, 0.15) is 6.54 Å². The fourth-order valence-corrected chi connectivity index (χ4v) is 2.08. The van der Waals surface area contributed by atoms with Crippen LogP contribution in [-0.2, 0) is 6.54 Å². The molecule has 0 saturated heterocycles. The van der Waals surface area contributed by atoms with Gasteiger partial charge in [0.2, 0.25) is 0 Å². The third-order valence-corrected chi connectivity index (χ3v) is 3.14. The Bertz CT molecular complexity index is 694. The molecule has 0 N–H and O–H groups in total. The van der Waals surface area contributed by atoms with E-state index < -0.39 is 10.7 Å². The van der Waals surface area contributed by atoms with Gasteiger partial charge < -0.3 is 10.1 Å². The molecule has 2 rings (SSSR count). The van der Waals surface area contributed by atoms with Crippen LogP contribution in [0.3, 0.4) is 0 Å². The zero-order chi connectivity index (χ0) is 14.9. The monoisotopic (exact) mass is 293 g/mol. The second kappa shape index (κ2) is 5.42. The molecule has 6 nitrogen and oxygen atoms in total. The van der Waals surface area contributed by atoms with Crippen LogP contribution in [-0.4, -0.2) is 20.5 Å². The van der Waals surface area contributed by atoms with Crippen molar-refractivity contribution >= 4 is 23.2 Å². The summed E-state index contributed by atoms with van der Waals surface area (Å²) in [6.07, 6.45) is 1.28. The number of halogens is 1. The van der Waals surface area contributed by atoms with Crippen molar-refractivity contribution in [1.29, 1.82) is 0 Å². The number of hydrogen-bond acceptors (Lipinski definition) is 4. The molecule has 1 aromatic carbocycles. The lowest BCUT2D eigenvalue weighted by Crippen LogP contribution is -2.12. The predicted molar refractivity (Wildman–Crippen MR) is 74.1 cm³/mol. The normalized spacial score (nSPS) is 10.6. The molecule has 0 fully saturated rings. The molecule has 1 heterocycles. The van der Waals surface area contributed by atoms with Crippen molar-refractivity contribution in [2.24, 2.45) is 0 Å². The Kier molecular flexibility index (Phi) is 3.85. The van der Waals surface area contributed by atoms with Crippen molar-refractivity contribution in [3.63, 3.8) is 0 Å². The van der Waals surface area contributed by atoms with Crippen molar-refractivity contribution in [2.75, 3.05) is 0 Å². The van der Waals surface area contributed by atoms with E-state index in [1.54, 1.807) is 6.07 Å². The van der Waals surface area contributed by atoms with Crippen LogP contribution >= 0.6 is 11.6 Å². The quantitative estimate of drug-likeness (QED) is 0.493. The van der Waals surface area contributed by atoms with E-state index in [1.165, 1.54) is 10.9 Å². The number of ketones is 1. The van der Waals surface area contributed by atoms with Gasteiger partial charge in [0, 0.05) is 5.56 Å². The first kappa shape index (κ1) is 14.2. The van der Waals surface area contributed by atoms with Crippen molar-refractivity contribution in [3.8, 4) is 0 Å². The fourth-order valence-electron chi connectivity index (χ4n) is 1.86. The van der Waals surface area contributed by atoms with Gasteiger partial charge in [-0.15, -0.1) is 0 Å². The number of carbonyl (C=O) groups excluding carboxylic acids is 1. The van der Waals surface area contributed by atoms with Crippen LogP contribution in [0.4, 0.5) is 5.82 Å². The van der Waals surface area contributed by atoms with E-state index in [0.717, 1.165) is 11.1 Å². The van der Waals surface area contributed by atoms with Gasteiger partial charge in [-0.3, -0.25) is 4.79 Å². The van der Waals surface area contributed by atoms with Crippen LogP contribution in [0.5, 0.6) is 0 Å². The molecule has 0 saturated carbocycles. The van der Waals surface area contributed by atoms with E-state index in [2.05, 4.69) is 5.10 Å². The standard InChI is InChI=1S/C13H12ClN3O3/c1-8-3-4-9(2)10(5-8)12(18)7-16-6-11(14)13(15-16)17(19)20/h3-6H,7H2,1-2H3. The van der Waals surface area contributed by atoms with Crippen molar-refractivity contribution < 1.29 is 9.72 Å². The van der Waals surface area contributed by atoms with Crippen LogP contribution < -0.4 is 0 Å². The largest absolute Gasteiger partial charge is 0.408 e. The van der Waals surface area contributed by atoms with Gasteiger partial charge >= 0.3 is 5.82 Å². The molecular formula is C13H12ClN3O3. The summed E-state index contributed by atoms with van der Waals surface area (Å²) in [5.41, 5.74) is 2.41. The lowest BCUT2D eigenvalue weighted by atomic mass is 10.0. The van der Waals surface area contributed by atoms with E-state index in [9.17, 15) is 14.9 Å². The number of nitrogens with zero attached hydrogens (tertiary/aromatic N) is 3. The molecule has 0 bridgehead atoms. The summed E-state index contributed by atoms with van der Waals surface area (Å²) in [4.78, 5) is 22.2. The molecule has 1 aromatic heterocycles. The molecule has 2 aromatic rings. The molecule has 104 valence electrons. The Morgan fingerprint density at radius 1 is 1.45 bits per heavy atom. The summed E-state index contributed by atoms with van der Waals surface area (Å²) < 4.78 is 1.19. The molecule has 0 aliphatic carbocycles. The lowest BCUT2D eigenvalue weighted by molar-refractivity contribution is -0.389. The van der Waals surface area contributed by atoms with Crippen molar-refractivity contribution in [1.82, 2.24) is 9.78 Å². The van der Waals surface area contributed by atoms with Gasteiger partial charge in [0.05, 0.1) is 11.3 Å². The number of rotatable bonds is 4. The Morgan fingerprint density at radius 3 is 2.75 bits per heavy atom. The van der Waals surface area contributed by atoms with E-state index in [-0.39, 0.29) is 17.4 Å². The first-order valence-corrected chi connectivity index (χ1v) is 6.24. The highest BCUT2D eigenvalue weighted by Gasteiger charge is 2.21. The first-order chi connectivity index (χ1) is 9.38. The molecule has 0 unspecified atom stereocenters. The van der Waals surface area contributed by atoms with E-state index >= 15 is 0 Å². The molecule has 0 radical (unpaired) electrons. The Balaban J connectivity index is 2.26. The summed E-state index contributed by atoms with van der Waals surface area (Å²) in [6.45, 7) is 3.65. The maximum Gasteiger partial charge on any atom is 0.408 e. The Hall–Kier alpha value is -2.21. The second-order valence-corrected chi connectivity index (χ2v) is 4.90. The molecule has 0 aliphatic rings. The number of benzene rings is 1. The summed E-state index contributed by atoms with van der Waals surface area (Å²) in [6, 6.07) is 5.57. The van der Waals surface area contributed by atoms with E-state index in [0.29, 0.717) is 5.56 Å². The van der Waals surface area contributed by atoms with Gasteiger partial charge in [0.15, 0.2) is 10.8 Å². The molecule has 0 atom stereocenters. The molecule has 0 spiro atoms. The lowest BCUT2D eigenvalue weighted by Gasteiger charge is -2.04. The molecule has 7 heteroatoms. The Labute approximate surface area is 120 Å². The second-order valence-electron chi connectivity index (χ2n) is 4.50. The molecular weight excluding hydrogens is 282 g/mol. The van der Waals surface area contributed by atoms with E-state index in [1.807, 2.05) is 26.0 Å². The van der Waals surface area contributed by atoms with Crippen LogP contribution in [0, 0.1) is 24.0 Å². The highest BCUT2D eigenvalue weighted by molar-refractivity contribution is 6.32. The van der Waals surface area contributed by atoms with Gasteiger partial charge in [-0.2, -0.15) is 4.68 Å². The topological polar surface area (TPSA) is 78.0 Å². The number of hydrogen-bond donors (Lipinski definition) is 0. The van der Waals surface area contributed by atoms with Gasteiger partial charge in [-0.1, -0.05) is 29.3 Å². The first-order valence-electron chi connectivity index (χ1n) is 5.86. The highest BCUT2D eigenvalue weighted by Crippen LogP contribution is 2.21. The van der Waals surface area contributed by atoms with Crippen LogP contribution in [0.25, 0.3) is 0 Å². The number of aryl methyl sites for hydroxylation is 2. The van der Waals surface area contributed by atoms with Crippen LogP contribution in [0.1, 0.15) is 21.5 Å². The minimum atomic E-state index is -0.679. The third kappa shape index (κ3) is 2.85. The maximum atomic E-state index is 12.2. The van der Waals surface area contributed by atoms with E-state index in [4.69, 9.17) is 11.6 Å². The minimum absolute atomic E-state index is 0.0798. The minimum Gasteiger partial charge on any atom is -0.358 e. The van der Waals surface area contributed by atoms with Gasteiger partial charge in [-0.05, 0) is 30.4 Å². The maximum absolute atomic E-state index is 12.2. The molecule has 0 amide bonds. The van der Waals surface area contributed by atoms with Gasteiger partial charge in [0.25, 0.3) is 0 Å². The Morgan fingerprint density at radius 2 is 2.15 bits per heavy atom. The van der Waals surface area contributed by atoms with Crippen LogP contribution in [0.15, 0.2) is 24.4 Å². The zero-order valence-corrected chi connectivity index (χ0v) is 11.7. The van der Waals surface area contributed by atoms with Gasteiger partial charge in [-0.25, -0.2) is 0 Å². The number of nitro groups is 1. The number of carbonyl (C=O) groups is 1. The van der Waals surface area contributed by atoms with Crippen molar-refractivity contribution in [2.45, 2.75) is 20.4 Å². The average Bonchev–Trinajstić information content (AvgIpc) is 2.73. The summed E-state index contributed by atoms with van der Waals surface area (Å²) >= 11 is 5.69. The smallest absolute Gasteiger partial charge is 0.358 e. The third-order valence-electron chi connectivity index (χ3n) is 2.87. The highest BCUT2D eigenvalue weighted by atomic mass is 35.5. The number of Topliss-reactive ketones (excluding diaryl/α,β-unsaturated/α-hetero) is 1. The van der Waals surface area contributed by atoms with Crippen molar-refractivity contribution in [3.05, 3.63) is 56.2 Å². The molecule has 20 heavy (non-hydrogen) atoms. The summed E-state index contributed by atoms with van der Waals surface area (Å²) in [5, 5.41) is 14.3. The fraction of sp³-hybridized carbons (Fsp3) is 0.231. The average molecular weight is 294 g/mol. The summed E-state index contributed by atoms with van der Waals surface area (Å²) in [7, 11) is 0. The molecule has 0 aliphatic heterocycles. The predicted octanol–water partition coefficient (Wildman–Crippen LogP) is 2.94.